The van der Waals surface area contributed by atoms with Crippen molar-refractivity contribution in [1.29, 1.82) is 0 Å². The number of aromatic nitrogens is 2. The fourth-order valence-corrected chi connectivity index (χ4v) is 2.74. The van der Waals surface area contributed by atoms with Crippen LogP contribution in [0.15, 0.2) is 47.3 Å². The second-order valence-corrected chi connectivity index (χ2v) is 5.47. The molecular weight excluding hydrogens is 308 g/mol. The molecule has 2 heterocycles. The lowest BCUT2D eigenvalue weighted by molar-refractivity contribution is 0.365. The fourth-order valence-electron chi connectivity index (χ4n) is 2.74. The van der Waals surface area contributed by atoms with Gasteiger partial charge < -0.3 is 19.6 Å². The Morgan fingerprint density at radius 2 is 2.00 bits per heavy atom. The number of para-hydroxylation sites is 1. The second kappa shape index (κ2) is 5.42. The van der Waals surface area contributed by atoms with E-state index in [-0.39, 0.29) is 17.2 Å². The minimum Gasteiger partial charge on any atom is -0.508 e. The van der Waals surface area contributed by atoms with Crippen molar-refractivity contribution in [3.8, 4) is 34.5 Å². The van der Waals surface area contributed by atoms with E-state index in [1.165, 1.54) is 12.1 Å². The molecule has 3 aromatic rings. The number of methoxy groups -OCH3 is 1. The second-order valence-electron chi connectivity index (χ2n) is 5.47. The van der Waals surface area contributed by atoms with E-state index in [4.69, 9.17) is 9.47 Å². The van der Waals surface area contributed by atoms with Crippen LogP contribution in [0.3, 0.4) is 0 Å². The molecule has 1 aromatic heterocycles. The zero-order valence-corrected chi connectivity index (χ0v) is 12.9. The summed E-state index contributed by atoms with van der Waals surface area (Å²) in [6.07, 6.45) is 0.431. The topological polar surface area (TPSA) is 84.4 Å². The number of H-pyrrole nitrogens is 1. The number of benzene rings is 2. The maximum atomic E-state index is 12.4. The molecule has 0 bridgehead atoms. The third-order valence-electron chi connectivity index (χ3n) is 3.96. The number of phenols is 1. The van der Waals surface area contributed by atoms with E-state index in [1.807, 2.05) is 12.1 Å². The van der Waals surface area contributed by atoms with Crippen LogP contribution in [0, 0.1) is 0 Å². The number of phenolic OH excluding ortho intramolecular Hbond substituents is 1. The molecule has 24 heavy (non-hydrogen) atoms. The molecular formula is C18H14N2O4. The van der Waals surface area contributed by atoms with Crippen molar-refractivity contribution in [2.24, 2.45) is 0 Å². The smallest absolute Gasteiger partial charge is 0.258 e. The van der Waals surface area contributed by atoms with Crippen LogP contribution in [0.5, 0.6) is 23.1 Å². The number of hydrogen-bond donors (Lipinski definition) is 2. The van der Waals surface area contributed by atoms with E-state index in [1.54, 1.807) is 25.3 Å². The summed E-state index contributed by atoms with van der Waals surface area (Å²) in [6.45, 7) is 0. The van der Waals surface area contributed by atoms with Crippen molar-refractivity contribution in [2.75, 3.05) is 7.11 Å². The van der Waals surface area contributed by atoms with Gasteiger partial charge in [0.15, 0.2) is 11.5 Å². The highest BCUT2D eigenvalue weighted by Crippen LogP contribution is 2.40. The van der Waals surface area contributed by atoms with Gasteiger partial charge in [-0.15, -0.1) is 0 Å². The summed E-state index contributed by atoms with van der Waals surface area (Å²) in [4.78, 5) is 19.6. The lowest BCUT2D eigenvalue weighted by Crippen LogP contribution is -2.20. The number of rotatable bonds is 2. The standard InChI is InChI=1S/C18H14N2O4/c1-23-14-4-2-3-11-9-13-17(22)19-16(20-18(13)24-15(11)14)10-5-7-12(21)8-6-10/h2-8,21H,9H2,1H3,(H,19,20,22). The van der Waals surface area contributed by atoms with Gasteiger partial charge in [-0.05, 0) is 30.3 Å². The molecule has 0 aliphatic carbocycles. The van der Waals surface area contributed by atoms with Crippen molar-refractivity contribution in [1.82, 2.24) is 9.97 Å². The van der Waals surface area contributed by atoms with Gasteiger partial charge >= 0.3 is 0 Å². The Hall–Kier alpha value is -3.28. The molecule has 1 aliphatic heterocycles. The van der Waals surface area contributed by atoms with Gasteiger partial charge in [0.2, 0.25) is 5.88 Å². The molecule has 0 atom stereocenters. The largest absolute Gasteiger partial charge is 0.508 e. The Bertz CT molecular complexity index is 977. The first kappa shape index (κ1) is 14.3. The summed E-state index contributed by atoms with van der Waals surface area (Å²) in [7, 11) is 1.57. The number of aromatic hydroxyl groups is 1. The number of nitrogens with zero attached hydrogens (tertiary/aromatic N) is 1. The summed E-state index contributed by atoms with van der Waals surface area (Å²) in [5, 5.41) is 9.39. The number of fused-ring (bicyclic) bond motifs is 2. The molecule has 6 nitrogen and oxygen atoms in total. The van der Waals surface area contributed by atoms with Gasteiger partial charge in [0.25, 0.3) is 5.56 Å². The third kappa shape index (κ3) is 2.28. The van der Waals surface area contributed by atoms with E-state index >= 15 is 0 Å². The monoisotopic (exact) mass is 322 g/mol. The van der Waals surface area contributed by atoms with E-state index in [0.717, 1.165) is 5.56 Å². The Morgan fingerprint density at radius 1 is 1.21 bits per heavy atom. The Labute approximate surface area is 137 Å². The molecule has 2 aromatic carbocycles. The van der Waals surface area contributed by atoms with Crippen LogP contribution in [0.25, 0.3) is 11.4 Å². The lowest BCUT2D eigenvalue weighted by atomic mass is 10.0. The molecule has 0 fully saturated rings. The Balaban J connectivity index is 1.82. The quantitative estimate of drug-likeness (QED) is 0.593. The minimum absolute atomic E-state index is 0.147. The van der Waals surface area contributed by atoms with E-state index in [9.17, 15) is 9.90 Å². The Kier molecular flexibility index (Phi) is 3.23. The summed E-state index contributed by atoms with van der Waals surface area (Å²) in [5.74, 6) is 2.00. The van der Waals surface area contributed by atoms with E-state index in [2.05, 4.69) is 9.97 Å². The fraction of sp³-hybridized carbons (Fsp3) is 0.111. The van der Waals surface area contributed by atoms with E-state index in [0.29, 0.717) is 34.9 Å². The summed E-state index contributed by atoms with van der Waals surface area (Å²) < 4.78 is 11.2. The van der Waals surface area contributed by atoms with Crippen LogP contribution in [-0.2, 0) is 6.42 Å². The average molecular weight is 322 g/mol. The molecule has 0 unspecified atom stereocenters. The molecule has 6 heteroatoms. The van der Waals surface area contributed by atoms with Crippen LogP contribution < -0.4 is 15.0 Å². The predicted octanol–water partition coefficient (Wildman–Crippen LogP) is 2.85. The number of ether oxygens (including phenoxy) is 2. The summed E-state index contributed by atoms with van der Waals surface area (Å²) in [5.41, 5.74) is 1.81. The molecule has 0 amide bonds. The van der Waals surface area contributed by atoms with Crippen molar-refractivity contribution >= 4 is 0 Å². The maximum Gasteiger partial charge on any atom is 0.258 e. The summed E-state index contributed by atoms with van der Waals surface area (Å²) in [6, 6.07) is 12.0. The van der Waals surface area contributed by atoms with Crippen molar-refractivity contribution in [3.05, 3.63) is 63.9 Å². The molecule has 120 valence electrons. The van der Waals surface area contributed by atoms with Crippen LogP contribution in [0.2, 0.25) is 0 Å². The maximum absolute atomic E-state index is 12.4. The highest BCUT2D eigenvalue weighted by molar-refractivity contribution is 5.59. The van der Waals surface area contributed by atoms with Crippen molar-refractivity contribution in [2.45, 2.75) is 6.42 Å². The number of nitrogens with one attached hydrogen (secondary N) is 1. The first-order valence-electron chi connectivity index (χ1n) is 7.42. The van der Waals surface area contributed by atoms with Gasteiger partial charge in [-0.2, -0.15) is 4.98 Å². The first-order chi connectivity index (χ1) is 11.7. The van der Waals surface area contributed by atoms with Gasteiger partial charge in [-0.1, -0.05) is 12.1 Å². The molecule has 4 rings (SSSR count). The Morgan fingerprint density at radius 3 is 2.75 bits per heavy atom. The predicted molar refractivity (Wildman–Crippen MR) is 87.8 cm³/mol. The summed E-state index contributed by atoms with van der Waals surface area (Å²) >= 11 is 0. The third-order valence-corrected chi connectivity index (χ3v) is 3.96. The van der Waals surface area contributed by atoms with Crippen molar-refractivity contribution in [3.63, 3.8) is 0 Å². The highest BCUT2D eigenvalue weighted by Gasteiger charge is 2.24. The van der Waals surface area contributed by atoms with Gasteiger partial charge in [-0.25, -0.2) is 0 Å². The molecule has 0 radical (unpaired) electrons. The average Bonchev–Trinajstić information content (AvgIpc) is 2.60. The zero-order chi connectivity index (χ0) is 16.7. The molecule has 0 saturated heterocycles. The first-order valence-corrected chi connectivity index (χ1v) is 7.42. The van der Waals surface area contributed by atoms with Gasteiger partial charge in [-0.3, -0.25) is 4.79 Å². The normalized spacial score (nSPS) is 12.0. The highest BCUT2D eigenvalue weighted by atomic mass is 16.5. The molecule has 0 spiro atoms. The van der Waals surface area contributed by atoms with Crippen LogP contribution in [-0.4, -0.2) is 22.2 Å². The van der Waals surface area contributed by atoms with Crippen LogP contribution >= 0.6 is 0 Å². The molecule has 2 N–H and O–H groups in total. The molecule has 1 aliphatic rings. The minimum atomic E-state index is -0.239. The van der Waals surface area contributed by atoms with Crippen LogP contribution in [0.1, 0.15) is 11.1 Å². The zero-order valence-electron chi connectivity index (χ0n) is 12.9. The lowest BCUT2D eigenvalue weighted by Gasteiger charge is -2.20. The van der Waals surface area contributed by atoms with Crippen molar-refractivity contribution < 1.29 is 14.6 Å². The van der Waals surface area contributed by atoms with Gasteiger partial charge in [0, 0.05) is 17.5 Å². The number of aromatic amines is 1. The van der Waals surface area contributed by atoms with E-state index < -0.39 is 0 Å². The van der Waals surface area contributed by atoms with Crippen LogP contribution in [0.4, 0.5) is 0 Å². The number of hydrogen-bond acceptors (Lipinski definition) is 5. The SMILES string of the molecule is COc1cccc2c1Oc1nc(-c3ccc(O)cc3)[nH]c(=O)c1C2. The van der Waals surface area contributed by atoms with Gasteiger partial charge in [0.1, 0.15) is 11.6 Å². The van der Waals surface area contributed by atoms with Gasteiger partial charge in [0.05, 0.1) is 12.7 Å². The molecule has 0 saturated carbocycles.